The molecule has 4 rings (SSSR count). The number of rotatable bonds is 3. The molecule has 0 spiro atoms. The third kappa shape index (κ3) is 3.70. The van der Waals surface area contributed by atoms with E-state index < -0.39 is 0 Å². The molecular weight excluding hydrogens is 314 g/mol. The smallest absolute Gasteiger partial charge is 0.0822 e. The van der Waals surface area contributed by atoms with Crippen LogP contribution in [0.5, 0.6) is 0 Å². The largest absolute Gasteiger partial charge is 0.393 e. The van der Waals surface area contributed by atoms with Crippen molar-refractivity contribution in [3.05, 3.63) is 42.2 Å². The van der Waals surface area contributed by atoms with E-state index in [9.17, 15) is 10.2 Å². The van der Waals surface area contributed by atoms with Crippen molar-refractivity contribution >= 4 is 10.8 Å². The monoisotopic (exact) mass is 341 g/mol. The Morgan fingerprint density at radius 2 is 1.88 bits per heavy atom. The zero-order valence-electron chi connectivity index (χ0n) is 14.6. The Bertz CT molecular complexity index is 710. The predicted molar refractivity (Wildman–Crippen MR) is 98.2 cm³/mol. The van der Waals surface area contributed by atoms with E-state index in [2.05, 4.69) is 39.0 Å². The van der Waals surface area contributed by atoms with Gasteiger partial charge >= 0.3 is 0 Å². The summed E-state index contributed by atoms with van der Waals surface area (Å²) in [5.74, 6) is 0. The highest BCUT2D eigenvalue weighted by Crippen LogP contribution is 2.24. The van der Waals surface area contributed by atoms with Crippen molar-refractivity contribution in [2.24, 2.45) is 0 Å². The molecule has 0 bridgehead atoms. The third-order valence-electron chi connectivity index (χ3n) is 5.76. The molecule has 1 aromatic carbocycles. The van der Waals surface area contributed by atoms with Crippen LogP contribution in [0.3, 0.4) is 0 Å². The van der Waals surface area contributed by atoms with Gasteiger partial charge in [0.1, 0.15) is 0 Å². The molecule has 1 aromatic heterocycles. The average Bonchev–Trinajstić information content (AvgIpc) is 2.63. The molecule has 2 saturated heterocycles. The summed E-state index contributed by atoms with van der Waals surface area (Å²) in [5, 5.41) is 22.8. The molecule has 0 saturated carbocycles. The lowest BCUT2D eigenvalue weighted by Gasteiger charge is -2.43. The molecule has 0 aliphatic carbocycles. The number of pyridine rings is 1. The van der Waals surface area contributed by atoms with Crippen LogP contribution in [0.2, 0.25) is 0 Å². The van der Waals surface area contributed by atoms with Gasteiger partial charge in [0.15, 0.2) is 0 Å². The zero-order valence-corrected chi connectivity index (χ0v) is 14.6. The molecule has 5 nitrogen and oxygen atoms in total. The summed E-state index contributed by atoms with van der Waals surface area (Å²) >= 11 is 0. The molecule has 2 aliphatic rings. The molecule has 0 amide bonds. The first-order valence-corrected chi connectivity index (χ1v) is 9.35. The van der Waals surface area contributed by atoms with Crippen molar-refractivity contribution in [3.63, 3.8) is 0 Å². The van der Waals surface area contributed by atoms with Crippen LogP contribution in [-0.2, 0) is 6.54 Å². The van der Waals surface area contributed by atoms with Gasteiger partial charge in [0.2, 0.25) is 0 Å². The summed E-state index contributed by atoms with van der Waals surface area (Å²) < 4.78 is 0. The van der Waals surface area contributed by atoms with Gasteiger partial charge in [-0.05, 0) is 36.3 Å². The zero-order chi connectivity index (χ0) is 17.2. The second-order valence-corrected chi connectivity index (χ2v) is 7.44. The normalized spacial score (nSPS) is 27.0. The average molecular weight is 341 g/mol. The number of hydrogen-bond donors (Lipinski definition) is 2. The first-order chi connectivity index (χ1) is 12.2. The first kappa shape index (κ1) is 16.9. The van der Waals surface area contributed by atoms with Crippen molar-refractivity contribution in [3.8, 4) is 0 Å². The lowest BCUT2D eigenvalue weighted by atomic mass is 9.96. The topological polar surface area (TPSA) is 59.8 Å². The van der Waals surface area contributed by atoms with Crippen LogP contribution in [-0.4, -0.2) is 69.4 Å². The number of β-amino-alcohol motifs (C(OH)–C–C–N with tert-alkyl or cyclic N) is 1. The molecule has 2 aromatic rings. The summed E-state index contributed by atoms with van der Waals surface area (Å²) in [6.07, 6.45) is 5.93. The van der Waals surface area contributed by atoms with Gasteiger partial charge in [0.25, 0.3) is 0 Å². The SMILES string of the molecule is OC1CCN([C@@H]2CCN(Cc3cccc4cnccc34)C[C@H]2O)CC1. The fraction of sp³-hybridized carbons (Fsp3) is 0.550. The Kier molecular flexibility index (Phi) is 4.99. The molecule has 2 aliphatic heterocycles. The van der Waals surface area contributed by atoms with Crippen LogP contribution in [0.1, 0.15) is 24.8 Å². The number of hydrogen-bond acceptors (Lipinski definition) is 5. The van der Waals surface area contributed by atoms with Crippen molar-refractivity contribution in [1.29, 1.82) is 0 Å². The number of nitrogens with zero attached hydrogens (tertiary/aromatic N) is 3. The maximum absolute atomic E-state index is 10.7. The lowest BCUT2D eigenvalue weighted by Crippen LogP contribution is -2.55. The summed E-state index contributed by atoms with van der Waals surface area (Å²) in [7, 11) is 0. The minimum Gasteiger partial charge on any atom is -0.393 e. The van der Waals surface area contributed by atoms with Crippen LogP contribution in [0, 0.1) is 0 Å². The summed E-state index contributed by atoms with van der Waals surface area (Å²) in [6.45, 7) is 4.38. The van der Waals surface area contributed by atoms with Crippen LogP contribution in [0.15, 0.2) is 36.7 Å². The quantitative estimate of drug-likeness (QED) is 0.889. The van der Waals surface area contributed by atoms with E-state index in [-0.39, 0.29) is 18.2 Å². The number of likely N-dealkylation sites (tertiary alicyclic amines) is 2. The van der Waals surface area contributed by atoms with E-state index in [4.69, 9.17) is 0 Å². The molecule has 134 valence electrons. The molecule has 2 atom stereocenters. The minimum absolute atomic E-state index is 0.158. The molecule has 0 radical (unpaired) electrons. The number of aliphatic hydroxyl groups excluding tert-OH is 2. The second-order valence-electron chi connectivity index (χ2n) is 7.44. The lowest BCUT2D eigenvalue weighted by molar-refractivity contribution is -0.0354. The Balaban J connectivity index is 1.41. The number of fused-ring (bicyclic) bond motifs is 1. The molecule has 25 heavy (non-hydrogen) atoms. The van der Waals surface area contributed by atoms with E-state index >= 15 is 0 Å². The highest BCUT2D eigenvalue weighted by atomic mass is 16.3. The number of aliphatic hydroxyl groups is 2. The molecule has 5 heteroatoms. The minimum atomic E-state index is -0.319. The number of piperidine rings is 2. The van der Waals surface area contributed by atoms with Gasteiger partial charge < -0.3 is 10.2 Å². The van der Waals surface area contributed by atoms with Gasteiger partial charge in [-0.1, -0.05) is 18.2 Å². The highest BCUT2D eigenvalue weighted by molar-refractivity contribution is 5.84. The van der Waals surface area contributed by atoms with E-state index in [1.807, 2.05) is 12.4 Å². The van der Waals surface area contributed by atoms with Crippen LogP contribution < -0.4 is 0 Å². The number of aromatic nitrogens is 1. The van der Waals surface area contributed by atoms with E-state index in [1.54, 1.807) is 0 Å². The highest BCUT2D eigenvalue weighted by Gasteiger charge is 2.33. The summed E-state index contributed by atoms with van der Waals surface area (Å²) in [6, 6.07) is 8.67. The van der Waals surface area contributed by atoms with Gasteiger partial charge in [-0.15, -0.1) is 0 Å². The van der Waals surface area contributed by atoms with Crippen molar-refractivity contribution in [2.45, 2.75) is 44.1 Å². The maximum atomic E-state index is 10.7. The van der Waals surface area contributed by atoms with Crippen LogP contribution in [0.25, 0.3) is 10.8 Å². The van der Waals surface area contributed by atoms with Gasteiger partial charge in [-0.25, -0.2) is 0 Å². The fourth-order valence-corrected chi connectivity index (χ4v) is 4.34. The molecular formula is C20H27N3O2. The van der Waals surface area contributed by atoms with E-state index in [0.717, 1.165) is 45.4 Å². The van der Waals surface area contributed by atoms with Crippen LogP contribution >= 0.6 is 0 Å². The van der Waals surface area contributed by atoms with Gasteiger partial charge in [0, 0.05) is 56.5 Å². The Hall–Kier alpha value is -1.53. The van der Waals surface area contributed by atoms with Crippen molar-refractivity contribution < 1.29 is 10.2 Å². The van der Waals surface area contributed by atoms with E-state index in [1.165, 1.54) is 16.3 Å². The third-order valence-corrected chi connectivity index (χ3v) is 5.76. The molecule has 2 N–H and O–H groups in total. The van der Waals surface area contributed by atoms with Gasteiger partial charge in [0.05, 0.1) is 12.2 Å². The Morgan fingerprint density at radius 3 is 2.68 bits per heavy atom. The Morgan fingerprint density at radius 1 is 1.04 bits per heavy atom. The van der Waals surface area contributed by atoms with Gasteiger partial charge in [-0.2, -0.15) is 0 Å². The first-order valence-electron chi connectivity index (χ1n) is 9.35. The molecule has 0 unspecified atom stereocenters. The number of benzene rings is 1. The fourth-order valence-electron chi connectivity index (χ4n) is 4.34. The van der Waals surface area contributed by atoms with Crippen molar-refractivity contribution in [2.75, 3.05) is 26.2 Å². The van der Waals surface area contributed by atoms with E-state index in [0.29, 0.717) is 6.54 Å². The second kappa shape index (κ2) is 7.38. The Labute approximate surface area is 148 Å². The van der Waals surface area contributed by atoms with Gasteiger partial charge in [-0.3, -0.25) is 14.8 Å². The summed E-state index contributed by atoms with van der Waals surface area (Å²) in [5.41, 5.74) is 1.30. The standard InChI is InChI=1S/C20H27N3O2/c24-17-5-10-23(11-6-17)19-7-9-22(14-20(19)25)13-16-3-1-2-15-12-21-8-4-18(15)16/h1-4,8,12,17,19-20,24-25H,5-7,9-11,13-14H2/t19-,20-/m1/s1. The maximum Gasteiger partial charge on any atom is 0.0822 e. The predicted octanol–water partition coefficient (Wildman–Crippen LogP) is 1.63. The molecule has 2 fully saturated rings. The molecule has 3 heterocycles. The van der Waals surface area contributed by atoms with Crippen molar-refractivity contribution in [1.82, 2.24) is 14.8 Å². The van der Waals surface area contributed by atoms with Crippen LogP contribution in [0.4, 0.5) is 0 Å². The summed E-state index contributed by atoms with van der Waals surface area (Å²) in [4.78, 5) is 8.93.